The summed E-state index contributed by atoms with van der Waals surface area (Å²) in [6.07, 6.45) is 5.19. The van der Waals surface area contributed by atoms with Crippen LogP contribution in [0.5, 0.6) is 0 Å². The Labute approximate surface area is 67.6 Å². The van der Waals surface area contributed by atoms with E-state index in [0.717, 1.165) is 0 Å². The fourth-order valence-electron chi connectivity index (χ4n) is 0.220. The number of aliphatic hydroxyl groups excluding tert-OH is 2. The molecular formula is C8H16O3. The first-order valence-electron chi connectivity index (χ1n) is 3.38. The molecule has 0 heterocycles. The van der Waals surface area contributed by atoms with Crippen LogP contribution in [0, 0.1) is 0 Å². The van der Waals surface area contributed by atoms with Crippen molar-refractivity contribution in [3.8, 4) is 0 Å². The maximum Gasteiger partial charge on any atom is 0.105 e. The van der Waals surface area contributed by atoms with Crippen molar-refractivity contribution in [2.45, 2.75) is 6.92 Å². The Morgan fingerprint density at radius 1 is 1.36 bits per heavy atom. The van der Waals surface area contributed by atoms with E-state index < -0.39 is 0 Å². The minimum atomic E-state index is -0.125. The molecule has 0 bridgehead atoms. The SMILES string of the molecule is C=CCO/C=C/C.OCCO. The van der Waals surface area contributed by atoms with Crippen molar-refractivity contribution >= 4 is 0 Å². The molecule has 0 aliphatic carbocycles. The summed E-state index contributed by atoms with van der Waals surface area (Å²) in [4.78, 5) is 0. The molecule has 0 fully saturated rings. The number of hydrogen-bond acceptors (Lipinski definition) is 3. The van der Waals surface area contributed by atoms with Gasteiger partial charge < -0.3 is 14.9 Å². The van der Waals surface area contributed by atoms with Gasteiger partial charge >= 0.3 is 0 Å². The average molecular weight is 160 g/mol. The third kappa shape index (κ3) is 27.0. The molecule has 2 N–H and O–H groups in total. The number of aliphatic hydroxyl groups is 2. The lowest BCUT2D eigenvalue weighted by molar-refractivity contribution is 0.186. The molecule has 0 aromatic heterocycles. The first-order valence-corrected chi connectivity index (χ1v) is 3.38. The van der Waals surface area contributed by atoms with Gasteiger partial charge in [0.2, 0.25) is 0 Å². The number of hydrogen-bond donors (Lipinski definition) is 2. The maximum absolute atomic E-state index is 7.62. The van der Waals surface area contributed by atoms with Crippen molar-refractivity contribution < 1.29 is 14.9 Å². The van der Waals surface area contributed by atoms with Crippen LogP contribution in [-0.4, -0.2) is 30.0 Å². The Hall–Kier alpha value is -0.800. The summed E-state index contributed by atoms with van der Waals surface area (Å²) >= 11 is 0. The quantitative estimate of drug-likeness (QED) is 0.361. The molecule has 0 saturated carbocycles. The van der Waals surface area contributed by atoms with E-state index in [0.29, 0.717) is 6.61 Å². The van der Waals surface area contributed by atoms with Gasteiger partial charge in [0, 0.05) is 0 Å². The Morgan fingerprint density at radius 2 is 1.91 bits per heavy atom. The van der Waals surface area contributed by atoms with Gasteiger partial charge in [-0.15, -0.1) is 0 Å². The zero-order chi connectivity index (χ0) is 8.95. The van der Waals surface area contributed by atoms with Crippen LogP contribution in [0.15, 0.2) is 25.0 Å². The first-order chi connectivity index (χ1) is 5.33. The third-order valence-electron chi connectivity index (χ3n) is 0.546. The molecule has 0 aromatic rings. The van der Waals surface area contributed by atoms with Crippen LogP contribution in [0.1, 0.15) is 6.92 Å². The lowest BCUT2D eigenvalue weighted by Gasteiger charge is -1.88. The molecular weight excluding hydrogens is 144 g/mol. The topological polar surface area (TPSA) is 49.7 Å². The highest BCUT2D eigenvalue weighted by Gasteiger charge is 1.64. The van der Waals surface area contributed by atoms with E-state index in [-0.39, 0.29) is 13.2 Å². The number of allylic oxidation sites excluding steroid dienone is 1. The third-order valence-corrected chi connectivity index (χ3v) is 0.546. The van der Waals surface area contributed by atoms with Crippen molar-refractivity contribution in [2.24, 2.45) is 0 Å². The predicted molar refractivity (Wildman–Crippen MR) is 45.1 cm³/mol. The van der Waals surface area contributed by atoms with Crippen molar-refractivity contribution in [2.75, 3.05) is 19.8 Å². The highest BCUT2D eigenvalue weighted by molar-refractivity contribution is 4.70. The Balaban J connectivity index is 0. The molecule has 3 heteroatoms. The van der Waals surface area contributed by atoms with Crippen LogP contribution in [-0.2, 0) is 4.74 Å². The summed E-state index contributed by atoms with van der Waals surface area (Å²) < 4.78 is 4.83. The van der Waals surface area contributed by atoms with Crippen LogP contribution < -0.4 is 0 Å². The van der Waals surface area contributed by atoms with Crippen molar-refractivity contribution in [1.82, 2.24) is 0 Å². The second-order valence-electron chi connectivity index (χ2n) is 1.54. The van der Waals surface area contributed by atoms with Crippen molar-refractivity contribution in [1.29, 1.82) is 0 Å². The van der Waals surface area contributed by atoms with Gasteiger partial charge in [-0.2, -0.15) is 0 Å². The standard InChI is InChI=1S/C6H10O.C2H6O2/c1-3-5-7-6-4-2;3-1-2-4/h3-4,6H,1,5H2,2H3;3-4H,1-2H2/b6-4+;. The predicted octanol–water partition coefficient (Wildman–Crippen LogP) is 0.694. The first kappa shape index (κ1) is 12.8. The second-order valence-corrected chi connectivity index (χ2v) is 1.54. The van der Waals surface area contributed by atoms with Gasteiger partial charge in [-0.1, -0.05) is 18.7 Å². The second kappa shape index (κ2) is 16.1. The van der Waals surface area contributed by atoms with Crippen molar-refractivity contribution in [3.05, 3.63) is 25.0 Å². The van der Waals surface area contributed by atoms with Gasteiger partial charge in [-0.05, 0) is 6.92 Å². The van der Waals surface area contributed by atoms with E-state index in [4.69, 9.17) is 14.9 Å². The van der Waals surface area contributed by atoms with E-state index >= 15 is 0 Å². The van der Waals surface area contributed by atoms with Crippen LogP contribution in [0.2, 0.25) is 0 Å². The Kier molecular flexibility index (Phi) is 18.8. The molecule has 0 atom stereocenters. The van der Waals surface area contributed by atoms with Crippen LogP contribution in [0.4, 0.5) is 0 Å². The summed E-state index contributed by atoms with van der Waals surface area (Å²) in [6.45, 7) is 5.73. The van der Waals surface area contributed by atoms with E-state index in [1.165, 1.54) is 0 Å². The molecule has 66 valence electrons. The highest BCUT2D eigenvalue weighted by atomic mass is 16.5. The summed E-state index contributed by atoms with van der Waals surface area (Å²) in [5.74, 6) is 0. The molecule has 0 saturated heterocycles. The molecule has 11 heavy (non-hydrogen) atoms. The minimum Gasteiger partial charge on any atom is -0.498 e. The fourth-order valence-corrected chi connectivity index (χ4v) is 0.220. The zero-order valence-corrected chi connectivity index (χ0v) is 6.86. The molecule has 0 unspecified atom stereocenters. The van der Waals surface area contributed by atoms with E-state index in [2.05, 4.69) is 6.58 Å². The van der Waals surface area contributed by atoms with Gasteiger partial charge in [-0.25, -0.2) is 0 Å². The Morgan fingerprint density at radius 3 is 2.18 bits per heavy atom. The smallest absolute Gasteiger partial charge is 0.105 e. The maximum atomic E-state index is 7.62. The molecule has 3 nitrogen and oxygen atoms in total. The summed E-state index contributed by atoms with van der Waals surface area (Å²) in [6, 6.07) is 0. The van der Waals surface area contributed by atoms with Gasteiger partial charge in [-0.3, -0.25) is 0 Å². The molecule has 0 aliphatic rings. The van der Waals surface area contributed by atoms with E-state index in [9.17, 15) is 0 Å². The molecule has 0 aliphatic heterocycles. The molecule has 0 radical (unpaired) electrons. The van der Waals surface area contributed by atoms with E-state index in [1.807, 2.05) is 13.0 Å². The molecule has 0 amide bonds. The summed E-state index contributed by atoms with van der Waals surface area (Å²) in [5, 5.41) is 15.2. The lowest BCUT2D eigenvalue weighted by atomic mass is 10.7. The van der Waals surface area contributed by atoms with Crippen LogP contribution in [0.3, 0.4) is 0 Å². The zero-order valence-electron chi connectivity index (χ0n) is 6.86. The monoisotopic (exact) mass is 160 g/mol. The van der Waals surface area contributed by atoms with Gasteiger partial charge in [0.05, 0.1) is 19.5 Å². The lowest BCUT2D eigenvalue weighted by Crippen LogP contribution is -1.85. The minimum absolute atomic E-state index is 0.125. The summed E-state index contributed by atoms with van der Waals surface area (Å²) in [5.41, 5.74) is 0. The number of rotatable bonds is 4. The molecule has 0 rings (SSSR count). The van der Waals surface area contributed by atoms with Gasteiger partial charge in [0.25, 0.3) is 0 Å². The summed E-state index contributed by atoms with van der Waals surface area (Å²) in [7, 11) is 0. The van der Waals surface area contributed by atoms with Gasteiger partial charge in [0.15, 0.2) is 0 Å². The van der Waals surface area contributed by atoms with Crippen molar-refractivity contribution in [3.63, 3.8) is 0 Å². The van der Waals surface area contributed by atoms with Gasteiger partial charge in [0.1, 0.15) is 6.61 Å². The molecule has 0 spiro atoms. The number of ether oxygens (including phenoxy) is 1. The Bertz CT molecular complexity index is 87.3. The largest absolute Gasteiger partial charge is 0.498 e. The van der Waals surface area contributed by atoms with Crippen LogP contribution >= 0.6 is 0 Å². The molecule has 0 aromatic carbocycles. The normalized spacial score (nSPS) is 8.64. The average Bonchev–Trinajstić information content (AvgIpc) is 2.06. The fraction of sp³-hybridized carbons (Fsp3) is 0.500. The highest BCUT2D eigenvalue weighted by Crippen LogP contribution is 1.74. The van der Waals surface area contributed by atoms with Crippen LogP contribution in [0.25, 0.3) is 0 Å². The van der Waals surface area contributed by atoms with E-state index in [1.54, 1.807) is 12.3 Å².